The number of fused-ring (bicyclic) bond motifs is 1. The van der Waals surface area contributed by atoms with Crippen molar-refractivity contribution in [3.05, 3.63) is 47.6 Å². The first kappa shape index (κ1) is 11.0. The molecule has 92 valence electrons. The van der Waals surface area contributed by atoms with E-state index < -0.39 is 25.8 Å². The number of hydrogen-bond donors (Lipinski definition) is 0. The van der Waals surface area contributed by atoms with Crippen molar-refractivity contribution in [3.63, 3.8) is 0 Å². The zero-order valence-corrected chi connectivity index (χ0v) is 9.65. The minimum absolute atomic E-state index is 0.00516. The minimum atomic E-state index is -4.28. The van der Waals surface area contributed by atoms with Gasteiger partial charge in [0.25, 0.3) is 15.0 Å². The monoisotopic (exact) mass is 267 g/mol. The molecule has 3 heterocycles. The number of ether oxygens (including phenoxy) is 1. The Kier molecular flexibility index (Phi) is 2.24. The fraction of sp³-hybridized carbons (Fsp3) is 0. The Morgan fingerprint density at radius 2 is 2.06 bits per heavy atom. The fourth-order valence-electron chi connectivity index (χ4n) is 1.57. The van der Waals surface area contributed by atoms with E-state index in [4.69, 9.17) is 9.15 Å². The van der Waals surface area contributed by atoms with E-state index in [9.17, 15) is 12.8 Å². The predicted molar refractivity (Wildman–Crippen MR) is 58.8 cm³/mol. The molecule has 0 amide bonds. The fourth-order valence-corrected chi connectivity index (χ4v) is 2.70. The molecule has 2 aromatic rings. The van der Waals surface area contributed by atoms with Crippen molar-refractivity contribution < 1.29 is 22.0 Å². The van der Waals surface area contributed by atoms with Crippen molar-refractivity contribution in [1.29, 1.82) is 0 Å². The average Bonchev–Trinajstić information content (AvgIpc) is 2.88. The zero-order valence-electron chi connectivity index (χ0n) is 8.83. The summed E-state index contributed by atoms with van der Waals surface area (Å²) in [5, 5.41) is -1.83. The first-order valence-corrected chi connectivity index (χ1v) is 6.40. The van der Waals surface area contributed by atoms with Gasteiger partial charge in [0.1, 0.15) is 0 Å². The Bertz CT molecular complexity index is 734. The normalized spacial score (nSPS) is 17.2. The molecule has 0 radical (unpaired) electrons. The Morgan fingerprint density at radius 3 is 2.78 bits per heavy atom. The lowest BCUT2D eigenvalue weighted by atomic mass is 10.4. The number of sulfone groups is 1. The molecule has 5 nitrogen and oxygen atoms in total. The van der Waals surface area contributed by atoms with Crippen LogP contribution in [0.5, 0.6) is 5.75 Å². The largest absolute Gasteiger partial charge is 0.461 e. The molecular formula is C11H6FNO4S. The van der Waals surface area contributed by atoms with Gasteiger partial charge >= 0.3 is 0 Å². The summed E-state index contributed by atoms with van der Waals surface area (Å²) in [6.45, 7) is 0. The number of nitrogens with zero attached hydrogens (tertiary/aromatic N) is 1. The van der Waals surface area contributed by atoms with Gasteiger partial charge in [-0.1, -0.05) is 0 Å². The van der Waals surface area contributed by atoms with E-state index in [1.54, 1.807) is 0 Å². The maximum atomic E-state index is 13.9. The van der Waals surface area contributed by atoms with Gasteiger partial charge in [-0.25, -0.2) is 13.4 Å². The lowest BCUT2D eigenvalue weighted by Crippen LogP contribution is -2.15. The lowest BCUT2D eigenvalue weighted by molar-refractivity contribution is 0.428. The van der Waals surface area contributed by atoms with Crippen molar-refractivity contribution in [2.24, 2.45) is 0 Å². The van der Waals surface area contributed by atoms with Crippen LogP contribution in [0.25, 0.3) is 5.76 Å². The highest BCUT2D eigenvalue weighted by molar-refractivity contribution is 7.95. The summed E-state index contributed by atoms with van der Waals surface area (Å²) in [7, 11) is -4.28. The smallest absolute Gasteiger partial charge is 0.267 e. The summed E-state index contributed by atoms with van der Waals surface area (Å²) in [5.41, 5.74) is 0. The lowest BCUT2D eigenvalue weighted by Gasteiger charge is -2.16. The second-order valence-electron chi connectivity index (χ2n) is 3.49. The van der Waals surface area contributed by atoms with Crippen LogP contribution >= 0.6 is 0 Å². The van der Waals surface area contributed by atoms with E-state index in [1.165, 1.54) is 36.7 Å². The Labute approximate surface area is 101 Å². The van der Waals surface area contributed by atoms with Crippen LogP contribution in [0.15, 0.2) is 51.3 Å². The molecule has 2 aromatic heterocycles. The molecule has 0 fully saturated rings. The van der Waals surface area contributed by atoms with Crippen LogP contribution in [-0.2, 0) is 9.84 Å². The van der Waals surface area contributed by atoms with Crippen LogP contribution in [0, 0.1) is 0 Å². The molecule has 7 heteroatoms. The highest BCUT2D eigenvalue weighted by atomic mass is 32.2. The molecule has 0 N–H and O–H groups in total. The molecule has 0 unspecified atom stereocenters. The molecule has 3 rings (SSSR count). The third kappa shape index (κ3) is 1.44. The highest BCUT2D eigenvalue weighted by Crippen LogP contribution is 2.38. The molecule has 0 saturated heterocycles. The summed E-state index contributed by atoms with van der Waals surface area (Å²) in [6.07, 6.45) is 2.55. The SMILES string of the molecule is O=S1(=O)C(F)=C(c2ccco2)Oc2cccnc21. The van der Waals surface area contributed by atoms with E-state index >= 15 is 0 Å². The molecule has 1 aliphatic rings. The van der Waals surface area contributed by atoms with Crippen LogP contribution in [0.4, 0.5) is 4.39 Å². The Hall–Kier alpha value is -2.15. The van der Waals surface area contributed by atoms with E-state index in [0.29, 0.717) is 0 Å². The van der Waals surface area contributed by atoms with Crippen LogP contribution in [0.3, 0.4) is 0 Å². The second-order valence-corrected chi connectivity index (χ2v) is 5.24. The maximum Gasteiger partial charge on any atom is 0.267 e. The molecule has 18 heavy (non-hydrogen) atoms. The number of pyridine rings is 1. The molecule has 0 aliphatic carbocycles. The number of rotatable bonds is 1. The summed E-state index contributed by atoms with van der Waals surface area (Å²) < 4.78 is 47.9. The molecular weight excluding hydrogens is 261 g/mol. The quantitative estimate of drug-likeness (QED) is 0.791. The van der Waals surface area contributed by atoms with E-state index in [1.807, 2.05) is 0 Å². The highest BCUT2D eigenvalue weighted by Gasteiger charge is 2.37. The van der Waals surface area contributed by atoms with Crippen molar-refractivity contribution in [3.8, 4) is 5.75 Å². The van der Waals surface area contributed by atoms with Gasteiger partial charge in [0, 0.05) is 6.20 Å². The van der Waals surface area contributed by atoms with Crippen LogP contribution in [0.2, 0.25) is 0 Å². The molecule has 0 atom stereocenters. The topological polar surface area (TPSA) is 69.4 Å². The second kappa shape index (κ2) is 3.67. The average molecular weight is 267 g/mol. The number of hydrogen-bond acceptors (Lipinski definition) is 5. The van der Waals surface area contributed by atoms with Gasteiger partial charge in [0.05, 0.1) is 6.26 Å². The van der Waals surface area contributed by atoms with Gasteiger partial charge < -0.3 is 9.15 Å². The summed E-state index contributed by atoms with van der Waals surface area (Å²) in [4.78, 5) is 3.62. The maximum absolute atomic E-state index is 13.9. The van der Waals surface area contributed by atoms with Gasteiger partial charge in [-0.15, -0.1) is 0 Å². The number of aromatic nitrogens is 1. The molecule has 0 saturated carbocycles. The van der Waals surface area contributed by atoms with Crippen molar-refractivity contribution in [2.45, 2.75) is 5.03 Å². The van der Waals surface area contributed by atoms with Crippen LogP contribution < -0.4 is 4.74 Å². The molecule has 0 aromatic carbocycles. The summed E-state index contributed by atoms with van der Waals surface area (Å²) >= 11 is 0. The standard InChI is InChI=1S/C11H6FNO4S/c12-10-9(7-4-2-6-16-7)17-8-3-1-5-13-11(8)18(10,14)15/h1-6H. The minimum Gasteiger partial charge on any atom is -0.461 e. The van der Waals surface area contributed by atoms with Gasteiger partial charge in [-0.2, -0.15) is 4.39 Å². The third-order valence-corrected chi connectivity index (χ3v) is 3.84. The van der Waals surface area contributed by atoms with Crippen LogP contribution in [0.1, 0.15) is 5.76 Å². The van der Waals surface area contributed by atoms with E-state index in [2.05, 4.69) is 4.98 Å². The molecule has 0 spiro atoms. The van der Waals surface area contributed by atoms with Crippen molar-refractivity contribution >= 4 is 15.6 Å². The Morgan fingerprint density at radius 1 is 1.22 bits per heavy atom. The molecule has 1 aliphatic heterocycles. The van der Waals surface area contributed by atoms with Gasteiger partial charge in [0.2, 0.25) is 10.8 Å². The third-order valence-electron chi connectivity index (χ3n) is 2.36. The van der Waals surface area contributed by atoms with Crippen molar-refractivity contribution in [2.75, 3.05) is 0 Å². The van der Waals surface area contributed by atoms with Crippen molar-refractivity contribution in [1.82, 2.24) is 4.98 Å². The number of halogens is 1. The summed E-state index contributed by atoms with van der Waals surface area (Å²) in [6, 6.07) is 5.81. The first-order valence-electron chi connectivity index (χ1n) is 4.92. The number of furan rings is 1. The molecule has 0 bridgehead atoms. The Balaban J connectivity index is 2.27. The van der Waals surface area contributed by atoms with Gasteiger partial charge in [-0.05, 0) is 24.3 Å². The first-order chi connectivity index (χ1) is 8.60. The van der Waals surface area contributed by atoms with Gasteiger partial charge in [0.15, 0.2) is 11.5 Å². The predicted octanol–water partition coefficient (Wildman–Crippen LogP) is 2.14. The summed E-state index contributed by atoms with van der Waals surface area (Å²) in [5.74, 6) is -0.476. The van der Waals surface area contributed by atoms with Crippen LogP contribution in [-0.4, -0.2) is 13.4 Å². The van der Waals surface area contributed by atoms with Gasteiger partial charge in [-0.3, -0.25) is 0 Å². The zero-order chi connectivity index (χ0) is 12.8. The van der Waals surface area contributed by atoms with E-state index in [0.717, 1.165) is 0 Å². The van der Waals surface area contributed by atoms with E-state index in [-0.39, 0.29) is 11.5 Å².